The van der Waals surface area contributed by atoms with Crippen molar-refractivity contribution in [3.63, 3.8) is 0 Å². The summed E-state index contributed by atoms with van der Waals surface area (Å²) in [6.45, 7) is 3.40. The van der Waals surface area contributed by atoms with Crippen LogP contribution < -0.4 is 4.90 Å². The summed E-state index contributed by atoms with van der Waals surface area (Å²) in [6, 6.07) is 7.78. The zero-order chi connectivity index (χ0) is 16.4. The number of aromatic nitrogens is 3. The lowest BCUT2D eigenvalue weighted by Crippen LogP contribution is -2.35. The zero-order valence-corrected chi connectivity index (χ0v) is 14.3. The SMILES string of the molecule is S=c1[nH]nc(-c2ccco2)n1/N=C\c1ccc(N2CCOCC2)s1. The van der Waals surface area contributed by atoms with Crippen molar-refractivity contribution in [3.8, 4) is 11.6 Å². The molecule has 3 aromatic rings. The molecule has 9 heteroatoms. The molecular weight excluding hydrogens is 346 g/mol. The monoisotopic (exact) mass is 361 g/mol. The Morgan fingerprint density at radius 3 is 2.96 bits per heavy atom. The maximum atomic E-state index is 5.39. The minimum atomic E-state index is 0.419. The molecule has 0 spiro atoms. The van der Waals surface area contributed by atoms with Gasteiger partial charge < -0.3 is 14.1 Å². The van der Waals surface area contributed by atoms with E-state index in [1.807, 2.05) is 6.07 Å². The van der Waals surface area contributed by atoms with Gasteiger partial charge in [-0.25, -0.2) is 5.10 Å². The summed E-state index contributed by atoms with van der Waals surface area (Å²) in [4.78, 5) is 3.37. The zero-order valence-electron chi connectivity index (χ0n) is 12.7. The summed E-state index contributed by atoms with van der Waals surface area (Å²) >= 11 is 6.93. The van der Waals surface area contributed by atoms with E-state index in [0.717, 1.165) is 31.2 Å². The topological polar surface area (TPSA) is 71.6 Å². The van der Waals surface area contributed by atoms with Gasteiger partial charge in [0.25, 0.3) is 0 Å². The molecule has 0 saturated carbocycles. The van der Waals surface area contributed by atoms with E-state index in [-0.39, 0.29) is 0 Å². The molecule has 0 aliphatic carbocycles. The standard InChI is InChI=1S/C15H15N5O2S2/c23-15-18-17-14(12-2-1-7-22-12)20(15)16-10-11-3-4-13(24-11)19-5-8-21-9-6-19/h1-4,7,10H,5-6,8-9H2,(H,18,23)/b16-10-. The first-order chi connectivity index (χ1) is 11.8. The number of morpholine rings is 1. The van der Waals surface area contributed by atoms with Crippen molar-refractivity contribution in [2.45, 2.75) is 0 Å². The fourth-order valence-electron chi connectivity index (χ4n) is 2.44. The third-order valence-electron chi connectivity index (χ3n) is 3.63. The average Bonchev–Trinajstić information content (AvgIpc) is 3.35. The highest BCUT2D eigenvalue weighted by Gasteiger charge is 2.13. The van der Waals surface area contributed by atoms with E-state index in [1.165, 1.54) is 5.00 Å². The minimum absolute atomic E-state index is 0.419. The highest BCUT2D eigenvalue weighted by molar-refractivity contribution is 7.71. The van der Waals surface area contributed by atoms with Crippen molar-refractivity contribution in [1.82, 2.24) is 14.9 Å². The van der Waals surface area contributed by atoms with Crippen LogP contribution in [0.1, 0.15) is 4.88 Å². The highest BCUT2D eigenvalue weighted by Crippen LogP contribution is 2.26. The molecule has 1 N–H and O–H groups in total. The number of nitrogens with one attached hydrogen (secondary N) is 1. The van der Waals surface area contributed by atoms with Gasteiger partial charge >= 0.3 is 0 Å². The first-order valence-corrected chi connectivity index (χ1v) is 8.72. The fourth-order valence-corrected chi connectivity index (χ4v) is 3.55. The number of hydrogen-bond acceptors (Lipinski definition) is 7. The van der Waals surface area contributed by atoms with Gasteiger partial charge in [0.05, 0.1) is 30.7 Å². The van der Waals surface area contributed by atoms with Crippen LogP contribution in [0.3, 0.4) is 0 Å². The summed E-state index contributed by atoms with van der Waals surface area (Å²) in [5, 5.41) is 12.6. The van der Waals surface area contributed by atoms with Gasteiger partial charge in [0.1, 0.15) is 0 Å². The molecule has 0 amide bonds. The second kappa shape index (κ2) is 6.71. The van der Waals surface area contributed by atoms with Crippen LogP contribution in [0.25, 0.3) is 11.6 Å². The first kappa shape index (κ1) is 15.3. The number of anilines is 1. The van der Waals surface area contributed by atoms with E-state index in [4.69, 9.17) is 21.4 Å². The van der Waals surface area contributed by atoms with Crippen LogP contribution in [0.15, 0.2) is 40.0 Å². The molecule has 0 unspecified atom stereocenters. The molecule has 1 saturated heterocycles. The van der Waals surface area contributed by atoms with Gasteiger partial charge in [-0.1, -0.05) is 0 Å². The Labute approximate surface area is 147 Å². The normalized spacial score (nSPS) is 15.4. The largest absolute Gasteiger partial charge is 0.461 e. The predicted octanol–water partition coefficient (Wildman–Crippen LogP) is 2.98. The number of H-pyrrole nitrogens is 1. The van der Waals surface area contributed by atoms with Crippen LogP contribution in [0.4, 0.5) is 5.00 Å². The molecule has 24 heavy (non-hydrogen) atoms. The van der Waals surface area contributed by atoms with Crippen molar-refractivity contribution < 1.29 is 9.15 Å². The third kappa shape index (κ3) is 3.05. The molecule has 4 rings (SSSR count). The Morgan fingerprint density at radius 2 is 2.17 bits per heavy atom. The highest BCUT2D eigenvalue weighted by atomic mass is 32.1. The lowest BCUT2D eigenvalue weighted by molar-refractivity contribution is 0.123. The number of nitrogens with zero attached hydrogens (tertiary/aromatic N) is 4. The van der Waals surface area contributed by atoms with Crippen molar-refractivity contribution in [3.05, 3.63) is 40.2 Å². The molecule has 1 aliphatic rings. The second-order valence-electron chi connectivity index (χ2n) is 5.16. The average molecular weight is 361 g/mol. The molecule has 0 atom stereocenters. The Balaban J connectivity index is 1.57. The summed E-state index contributed by atoms with van der Waals surface area (Å²) in [5.74, 6) is 1.16. The van der Waals surface area contributed by atoms with Gasteiger partial charge in [-0.3, -0.25) is 0 Å². The summed E-state index contributed by atoms with van der Waals surface area (Å²) < 4.78 is 12.7. The van der Waals surface area contributed by atoms with Crippen molar-refractivity contribution >= 4 is 34.8 Å². The molecule has 1 aliphatic heterocycles. The molecule has 7 nitrogen and oxygen atoms in total. The number of furan rings is 1. The quantitative estimate of drug-likeness (QED) is 0.571. The van der Waals surface area contributed by atoms with Gasteiger partial charge in [-0.15, -0.1) is 16.4 Å². The smallest absolute Gasteiger partial charge is 0.219 e. The van der Waals surface area contributed by atoms with Crippen molar-refractivity contribution in [1.29, 1.82) is 0 Å². The van der Waals surface area contributed by atoms with Gasteiger partial charge in [0, 0.05) is 18.0 Å². The number of ether oxygens (including phenoxy) is 1. The molecule has 4 heterocycles. The van der Waals surface area contributed by atoms with Crippen LogP contribution in [-0.2, 0) is 4.74 Å². The molecule has 3 aromatic heterocycles. The molecule has 0 radical (unpaired) electrons. The van der Waals surface area contributed by atoms with Crippen LogP contribution in [-0.4, -0.2) is 47.4 Å². The number of rotatable bonds is 4. The number of aromatic amines is 1. The van der Waals surface area contributed by atoms with E-state index < -0.39 is 0 Å². The minimum Gasteiger partial charge on any atom is -0.461 e. The summed E-state index contributed by atoms with van der Waals surface area (Å²) in [7, 11) is 0. The van der Waals surface area contributed by atoms with Crippen LogP contribution in [0.5, 0.6) is 0 Å². The second-order valence-corrected chi connectivity index (χ2v) is 6.64. The van der Waals surface area contributed by atoms with Crippen LogP contribution >= 0.6 is 23.6 Å². The lowest BCUT2D eigenvalue weighted by Gasteiger charge is -2.27. The molecular formula is C15H15N5O2S2. The maximum Gasteiger partial charge on any atom is 0.219 e. The molecule has 0 bridgehead atoms. The van der Waals surface area contributed by atoms with E-state index in [2.05, 4.69) is 32.3 Å². The Morgan fingerprint density at radius 1 is 1.29 bits per heavy atom. The van der Waals surface area contributed by atoms with E-state index >= 15 is 0 Å². The fraction of sp³-hybridized carbons (Fsp3) is 0.267. The number of thiophene rings is 1. The predicted molar refractivity (Wildman–Crippen MR) is 95.5 cm³/mol. The maximum absolute atomic E-state index is 5.39. The van der Waals surface area contributed by atoms with Gasteiger partial charge in [-0.2, -0.15) is 9.78 Å². The molecule has 124 valence electrons. The third-order valence-corrected chi connectivity index (χ3v) is 4.97. The van der Waals surface area contributed by atoms with E-state index in [9.17, 15) is 0 Å². The first-order valence-electron chi connectivity index (χ1n) is 7.49. The van der Waals surface area contributed by atoms with E-state index in [0.29, 0.717) is 16.4 Å². The van der Waals surface area contributed by atoms with Gasteiger partial charge in [0.15, 0.2) is 5.76 Å². The molecule has 0 aromatic carbocycles. The number of hydrogen-bond donors (Lipinski definition) is 1. The Bertz CT molecular complexity index is 887. The Kier molecular flexibility index (Phi) is 4.28. The van der Waals surface area contributed by atoms with Crippen LogP contribution in [0, 0.1) is 4.77 Å². The van der Waals surface area contributed by atoms with Crippen molar-refractivity contribution in [2.75, 3.05) is 31.2 Å². The van der Waals surface area contributed by atoms with Gasteiger partial charge in [0.2, 0.25) is 10.6 Å². The molecule has 1 fully saturated rings. The Hall–Kier alpha value is -2.23. The summed E-state index contributed by atoms with van der Waals surface area (Å²) in [6.07, 6.45) is 3.38. The summed E-state index contributed by atoms with van der Waals surface area (Å²) in [5.41, 5.74) is 0. The van der Waals surface area contributed by atoms with Crippen molar-refractivity contribution in [2.24, 2.45) is 5.10 Å². The lowest BCUT2D eigenvalue weighted by atomic mass is 10.4. The van der Waals surface area contributed by atoms with Crippen LogP contribution in [0.2, 0.25) is 0 Å². The van der Waals surface area contributed by atoms with E-state index in [1.54, 1.807) is 34.6 Å². The van der Waals surface area contributed by atoms with Gasteiger partial charge in [-0.05, 0) is 36.5 Å².